The number of aromatic nitrogens is 2. The van der Waals surface area contributed by atoms with Crippen LogP contribution in [0.25, 0.3) is 0 Å². The summed E-state index contributed by atoms with van der Waals surface area (Å²) in [4.78, 5) is 11.7. The van der Waals surface area contributed by atoms with Gasteiger partial charge in [-0.3, -0.25) is 9.48 Å². The molecule has 0 aliphatic carbocycles. The van der Waals surface area contributed by atoms with Crippen molar-refractivity contribution in [2.24, 2.45) is 7.05 Å². The first kappa shape index (κ1) is 7.79. The maximum absolute atomic E-state index is 11.7. The van der Waals surface area contributed by atoms with Gasteiger partial charge in [-0.15, -0.1) is 0 Å². The molecule has 4 heteroatoms. The van der Waals surface area contributed by atoms with E-state index < -0.39 is 0 Å². The van der Waals surface area contributed by atoms with E-state index in [1.807, 2.05) is 0 Å². The highest BCUT2D eigenvalue weighted by molar-refractivity contribution is 6.07. The Morgan fingerprint density at radius 2 is 2.38 bits per heavy atom. The van der Waals surface area contributed by atoms with Crippen LogP contribution in [-0.2, 0) is 7.05 Å². The highest BCUT2D eigenvalue weighted by Crippen LogP contribution is 2.08. The Morgan fingerprint density at radius 3 is 2.92 bits per heavy atom. The molecule has 0 atom stereocenters. The fourth-order valence-corrected chi connectivity index (χ4v) is 1.14. The van der Waals surface area contributed by atoms with Gasteiger partial charge in [0.15, 0.2) is 0 Å². The Labute approximate surface area is 74.8 Å². The van der Waals surface area contributed by atoms with E-state index in [2.05, 4.69) is 5.10 Å². The molecule has 0 spiro atoms. The van der Waals surface area contributed by atoms with Gasteiger partial charge < -0.3 is 4.42 Å². The third-order valence-corrected chi connectivity index (χ3v) is 1.84. The lowest BCUT2D eigenvalue weighted by Gasteiger charge is -1.96. The quantitative estimate of drug-likeness (QED) is 0.647. The van der Waals surface area contributed by atoms with Crippen LogP contribution in [0.15, 0.2) is 35.3 Å². The van der Waals surface area contributed by atoms with Crippen LogP contribution in [0.5, 0.6) is 0 Å². The predicted molar refractivity (Wildman–Crippen MR) is 45.3 cm³/mol. The summed E-state index contributed by atoms with van der Waals surface area (Å²) in [5.41, 5.74) is 1.10. The molecule has 0 amide bonds. The van der Waals surface area contributed by atoms with Crippen molar-refractivity contribution < 1.29 is 9.21 Å². The van der Waals surface area contributed by atoms with E-state index in [0.29, 0.717) is 11.3 Å². The normalized spacial score (nSPS) is 10.2. The SMILES string of the molecule is Cn1nccc1C(=O)c1ccoc1. The highest BCUT2D eigenvalue weighted by atomic mass is 16.3. The van der Waals surface area contributed by atoms with Crippen LogP contribution in [0.1, 0.15) is 16.1 Å². The average Bonchev–Trinajstić information content (AvgIpc) is 2.72. The molecule has 0 aromatic carbocycles. The largest absolute Gasteiger partial charge is 0.472 e. The fraction of sp³-hybridized carbons (Fsp3) is 0.111. The molecule has 0 saturated carbocycles. The lowest BCUT2D eigenvalue weighted by Crippen LogP contribution is -2.06. The maximum atomic E-state index is 11.7. The van der Waals surface area contributed by atoms with Crippen LogP contribution in [0.2, 0.25) is 0 Å². The van der Waals surface area contributed by atoms with E-state index in [-0.39, 0.29) is 5.78 Å². The molecule has 2 aromatic heterocycles. The van der Waals surface area contributed by atoms with Gasteiger partial charge in [0.25, 0.3) is 0 Å². The van der Waals surface area contributed by atoms with E-state index in [1.54, 1.807) is 25.4 Å². The Hall–Kier alpha value is -1.84. The number of furan rings is 1. The van der Waals surface area contributed by atoms with Crippen LogP contribution in [0.4, 0.5) is 0 Å². The van der Waals surface area contributed by atoms with E-state index in [0.717, 1.165) is 0 Å². The van der Waals surface area contributed by atoms with Crippen molar-refractivity contribution in [3.8, 4) is 0 Å². The number of ketones is 1. The summed E-state index contributed by atoms with van der Waals surface area (Å²) < 4.78 is 6.36. The number of aryl methyl sites for hydroxylation is 1. The van der Waals surface area contributed by atoms with E-state index in [4.69, 9.17) is 4.42 Å². The Balaban J connectivity index is 2.39. The van der Waals surface area contributed by atoms with Gasteiger partial charge >= 0.3 is 0 Å². The summed E-state index contributed by atoms with van der Waals surface area (Å²) in [5.74, 6) is -0.0752. The minimum atomic E-state index is -0.0752. The lowest BCUT2D eigenvalue weighted by atomic mass is 10.2. The molecule has 0 saturated heterocycles. The van der Waals surface area contributed by atoms with Crippen molar-refractivity contribution in [1.29, 1.82) is 0 Å². The molecule has 4 nitrogen and oxygen atoms in total. The van der Waals surface area contributed by atoms with Gasteiger partial charge in [-0.1, -0.05) is 0 Å². The minimum Gasteiger partial charge on any atom is -0.472 e. The lowest BCUT2D eigenvalue weighted by molar-refractivity contribution is 0.102. The van der Waals surface area contributed by atoms with Crippen molar-refractivity contribution in [3.05, 3.63) is 42.1 Å². The van der Waals surface area contributed by atoms with Crippen LogP contribution in [-0.4, -0.2) is 15.6 Å². The molecule has 2 rings (SSSR count). The summed E-state index contributed by atoms with van der Waals surface area (Å²) in [5, 5.41) is 3.91. The van der Waals surface area contributed by atoms with Crippen molar-refractivity contribution in [2.75, 3.05) is 0 Å². The third-order valence-electron chi connectivity index (χ3n) is 1.84. The van der Waals surface area contributed by atoms with Crippen LogP contribution in [0, 0.1) is 0 Å². The molecular formula is C9H8N2O2. The van der Waals surface area contributed by atoms with Gasteiger partial charge in [0, 0.05) is 13.2 Å². The molecule has 2 aromatic rings. The maximum Gasteiger partial charge on any atom is 0.214 e. The van der Waals surface area contributed by atoms with Gasteiger partial charge in [0.05, 0.1) is 11.8 Å². The molecule has 0 radical (unpaired) electrons. The molecule has 0 fully saturated rings. The molecule has 0 N–H and O–H groups in total. The van der Waals surface area contributed by atoms with Gasteiger partial charge in [-0.25, -0.2) is 0 Å². The number of carbonyl (C=O) groups is 1. The number of nitrogens with zero attached hydrogens (tertiary/aromatic N) is 2. The average molecular weight is 176 g/mol. The van der Waals surface area contributed by atoms with E-state index in [1.165, 1.54) is 17.2 Å². The molecule has 13 heavy (non-hydrogen) atoms. The second-order valence-corrected chi connectivity index (χ2v) is 2.68. The van der Waals surface area contributed by atoms with Crippen LogP contribution in [0.3, 0.4) is 0 Å². The zero-order valence-corrected chi connectivity index (χ0v) is 7.10. The van der Waals surface area contributed by atoms with Gasteiger partial charge in [-0.05, 0) is 12.1 Å². The third kappa shape index (κ3) is 1.26. The fourth-order valence-electron chi connectivity index (χ4n) is 1.14. The first-order valence-corrected chi connectivity index (χ1v) is 3.84. The topological polar surface area (TPSA) is 48.0 Å². The van der Waals surface area contributed by atoms with Crippen LogP contribution < -0.4 is 0 Å². The molecule has 66 valence electrons. The number of hydrogen-bond acceptors (Lipinski definition) is 3. The van der Waals surface area contributed by atoms with E-state index in [9.17, 15) is 4.79 Å². The first-order chi connectivity index (χ1) is 6.29. The second kappa shape index (κ2) is 2.90. The van der Waals surface area contributed by atoms with Crippen molar-refractivity contribution in [2.45, 2.75) is 0 Å². The number of rotatable bonds is 2. The minimum absolute atomic E-state index is 0.0752. The molecule has 2 heterocycles. The summed E-state index contributed by atoms with van der Waals surface area (Å²) in [6.45, 7) is 0. The molecule has 0 aliphatic heterocycles. The highest BCUT2D eigenvalue weighted by Gasteiger charge is 2.12. The monoisotopic (exact) mass is 176 g/mol. The van der Waals surface area contributed by atoms with Crippen molar-refractivity contribution in [3.63, 3.8) is 0 Å². The predicted octanol–water partition coefficient (Wildman–Crippen LogP) is 1.24. The summed E-state index contributed by atoms with van der Waals surface area (Å²) in [7, 11) is 1.73. The van der Waals surface area contributed by atoms with Gasteiger partial charge in [0.1, 0.15) is 12.0 Å². The van der Waals surface area contributed by atoms with Crippen molar-refractivity contribution in [1.82, 2.24) is 9.78 Å². The number of hydrogen-bond donors (Lipinski definition) is 0. The molecule has 0 aliphatic rings. The number of carbonyl (C=O) groups excluding carboxylic acids is 1. The second-order valence-electron chi connectivity index (χ2n) is 2.68. The molecular weight excluding hydrogens is 168 g/mol. The standard InChI is InChI=1S/C9H8N2O2/c1-11-8(2-4-10-11)9(12)7-3-5-13-6-7/h2-6H,1H3. The van der Waals surface area contributed by atoms with Crippen LogP contribution >= 0.6 is 0 Å². The summed E-state index contributed by atoms with van der Waals surface area (Å²) >= 11 is 0. The smallest absolute Gasteiger partial charge is 0.214 e. The zero-order chi connectivity index (χ0) is 9.26. The molecule has 0 unspecified atom stereocenters. The summed E-state index contributed by atoms with van der Waals surface area (Å²) in [6, 6.07) is 3.31. The zero-order valence-electron chi connectivity index (χ0n) is 7.10. The van der Waals surface area contributed by atoms with Gasteiger partial charge in [-0.2, -0.15) is 5.10 Å². The molecule has 0 bridgehead atoms. The van der Waals surface area contributed by atoms with Gasteiger partial charge in [0.2, 0.25) is 5.78 Å². The van der Waals surface area contributed by atoms with Crippen molar-refractivity contribution >= 4 is 5.78 Å². The Bertz CT molecular complexity index is 415. The summed E-state index contributed by atoms with van der Waals surface area (Å²) in [6.07, 6.45) is 4.49. The van der Waals surface area contributed by atoms with E-state index >= 15 is 0 Å². The Kier molecular flexibility index (Phi) is 1.73. The first-order valence-electron chi connectivity index (χ1n) is 3.84. The Morgan fingerprint density at radius 1 is 1.54 bits per heavy atom.